The highest BCUT2D eigenvalue weighted by atomic mass is 32.2. The molecule has 4 aromatic rings. The van der Waals surface area contributed by atoms with Gasteiger partial charge in [0.05, 0.1) is 48.2 Å². The minimum absolute atomic E-state index is 0.281. The van der Waals surface area contributed by atoms with Gasteiger partial charge in [0.2, 0.25) is 0 Å². The molecule has 1 atom stereocenters. The smallest absolute Gasteiger partial charge is 0.327 e. The number of imidazole rings is 1. The van der Waals surface area contributed by atoms with E-state index in [0.717, 1.165) is 17.4 Å². The second kappa shape index (κ2) is 9.68. The van der Waals surface area contributed by atoms with Crippen LogP contribution in [0, 0.1) is 11.3 Å². The van der Waals surface area contributed by atoms with Crippen LogP contribution in [0.5, 0.6) is 11.5 Å². The zero-order valence-corrected chi connectivity index (χ0v) is 20.4. The van der Waals surface area contributed by atoms with Crippen LogP contribution in [0.4, 0.5) is 0 Å². The van der Waals surface area contributed by atoms with Crippen LogP contribution in [0.15, 0.2) is 65.5 Å². The van der Waals surface area contributed by atoms with Crippen molar-refractivity contribution in [3.8, 4) is 28.7 Å². The maximum absolute atomic E-state index is 13.1. The monoisotopic (exact) mass is 491 g/mol. The lowest BCUT2D eigenvalue weighted by Gasteiger charge is -2.20. The number of benzene rings is 3. The van der Waals surface area contributed by atoms with Crippen molar-refractivity contribution in [2.24, 2.45) is 0 Å². The van der Waals surface area contributed by atoms with E-state index in [2.05, 4.69) is 11.1 Å². The van der Waals surface area contributed by atoms with E-state index < -0.39 is 21.6 Å². The molecule has 0 saturated carbocycles. The standard InChI is InChI=1S/C26H25N3O5S/c1-4-34-25-14-18(10-12-24(25)33-2)23(16-35(3,31)32)29-22-11-9-17(13-21(22)28-26(29)30)20-8-6-5-7-19(20)15-27/h5-14,23H,4,16H2,1-3H3,(H,28,30)/t23-/m1/s1. The summed E-state index contributed by atoms with van der Waals surface area (Å²) in [5, 5.41) is 9.46. The van der Waals surface area contributed by atoms with Gasteiger partial charge in [-0.25, -0.2) is 13.2 Å². The lowest BCUT2D eigenvalue weighted by atomic mass is 10.00. The van der Waals surface area contributed by atoms with Gasteiger partial charge >= 0.3 is 5.69 Å². The normalized spacial score (nSPS) is 12.3. The topological polar surface area (TPSA) is 114 Å². The maximum Gasteiger partial charge on any atom is 0.327 e. The Morgan fingerprint density at radius 2 is 1.86 bits per heavy atom. The SMILES string of the molecule is CCOc1cc([C@@H](CS(C)(=O)=O)n2c(=O)[nH]c3cc(-c4ccccc4C#N)ccc32)ccc1OC. The van der Waals surface area contributed by atoms with Crippen LogP contribution in [0.2, 0.25) is 0 Å². The first-order valence-electron chi connectivity index (χ1n) is 11.0. The summed E-state index contributed by atoms with van der Waals surface area (Å²) in [4.78, 5) is 16.0. The summed E-state index contributed by atoms with van der Waals surface area (Å²) in [6.07, 6.45) is 1.14. The number of nitrogens with zero attached hydrogens (tertiary/aromatic N) is 2. The zero-order valence-electron chi connectivity index (χ0n) is 19.6. The molecule has 180 valence electrons. The largest absolute Gasteiger partial charge is 0.493 e. The number of H-pyrrole nitrogens is 1. The van der Waals surface area contributed by atoms with Crippen molar-refractivity contribution in [2.75, 3.05) is 25.7 Å². The molecule has 0 aliphatic rings. The van der Waals surface area contributed by atoms with Crippen molar-refractivity contribution in [3.05, 3.63) is 82.3 Å². The van der Waals surface area contributed by atoms with Crippen LogP contribution in [-0.4, -0.2) is 43.7 Å². The molecule has 0 fully saturated rings. The van der Waals surface area contributed by atoms with Gasteiger partial charge in [-0.05, 0) is 53.9 Å². The van der Waals surface area contributed by atoms with Crippen molar-refractivity contribution in [1.82, 2.24) is 9.55 Å². The molecule has 0 aliphatic carbocycles. The number of sulfone groups is 1. The average Bonchev–Trinajstić information content (AvgIpc) is 3.16. The second-order valence-electron chi connectivity index (χ2n) is 8.14. The number of nitriles is 1. The number of methoxy groups -OCH3 is 1. The number of nitrogens with one attached hydrogen (secondary N) is 1. The predicted octanol–water partition coefficient (Wildman–Crippen LogP) is 3.91. The predicted molar refractivity (Wildman–Crippen MR) is 135 cm³/mol. The van der Waals surface area contributed by atoms with E-state index in [1.54, 1.807) is 42.5 Å². The van der Waals surface area contributed by atoms with Crippen LogP contribution in [0.1, 0.15) is 24.1 Å². The van der Waals surface area contributed by atoms with E-state index in [9.17, 15) is 18.5 Å². The van der Waals surface area contributed by atoms with Gasteiger partial charge in [-0.15, -0.1) is 0 Å². The van der Waals surface area contributed by atoms with Crippen LogP contribution in [0.3, 0.4) is 0 Å². The molecule has 0 spiro atoms. The highest BCUT2D eigenvalue weighted by molar-refractivity contribution is 7.90. The number of aromatic nitrogens is 2. The molecule has 8 nitrogen and oxygen atoms in total. The fourth-order valence-electron chi connectivity index (χ4n) is 4.22. The molecule has 3 aromatic carbocycles. The molecule has 4 rings (SSSR count). The number of ether oxygens (including phenoxy) is 2. The van der Waals surface area contributed by atoms with E-state index in [4.69, 9.17) is 9.47 Å². The molecule has 0 unspecified atom stereocenters. The summed E-state index contributed by atoms with van der Waals surface area (Å²) in [5.74, 6) is 0.701. The van der Waals surface area contributed by atoms with E-state index in [0.29, 0.717) is 40.3 Å². The van der Waals surface area contributed by atoms with Gasteiger partial charge < -0.3 is 14.5 Å². The molecule has 1 heterocycles. The number of hydrogen-bond donors (Lipinski definition) is 1. The van der Waals surface area contributed by atoms with Crippen LogP contribution >= 0.6 is 0 Å². The summed E-state index contributed by atoms with van der Waals surface area (Å²) >= 11 is 0. The fourth-order valence-corrected chi connectivity index (χ4v) is 5.13. The first-order valence-corrected chi connectivity index (χ1v) is 13.0. The van der Waals surface area contributed by atoms with Gasteiger partial charge in [-0.1, -0.05) is 30.3 Å². The van der Waals surface area contributed by atoms with Gasteiger partial charge in [-0.3, -0.25) is 4.57 Å². The Morgan fingerprint density at radius 3 is 2.54 bits per heavy atom. The molecule has 1 aromatic heterocycles. The highest BCUT2D eigenvalue weighted by Crippen LogP contribution is 2.33. The fraction of sp³-hybridized carbons (Fsp3) is 0.231. The second-order valence-corrected chi connectivity index (χ2v) is 10.3. The summed E-state index contributed by atoms with van der Waals surface area (Å²) in [6.45, 7) is 2.24. The number of aromatic amines is 1. The maximum atomic E-state index is 13.1. The molecule has 0 saturated heterocycles. The highest BCUT2D eigenvalue weighted by Gasteiger charge is 2.25. The average molecular weight is 492 g/mol. The Labute approximate surface area is 203 Å². The number of rotatable bonds is 8. The minimum atomic E-state index is -3.47. The van der Waals surface area contributed by atoms with Gasteiger partial charge in [0.25, 0.3) is 0 Å². The Bertz CT molecular complexity index is 1600. The first kappa shape index (κ1) is 24.1. The third-order valence-electron chi connectivity index (χ3n) is 5.72. The summed E-state index contributed by atoms with van der Waals surface area (Å²) in [5.41, 5.74) is 3.29. The van der Waals surface area contributed by atoms with Gasteiger partial charge in [0, 0.05) is 6.26 Å². The summed E-state index contributed by atoms with van der Waals surface area (Å²) in [6, 6.07) is 19.1. The van der Waals surface area contributed by atoms with Gasteiger partial charge in [0.1, 0.15) is 9.84 Å². The quantitative estimate of drug-likeness (QED) is 0.400. The first-order chi connectivity index (χ1) is 16.8. The molecule has 35 heavy (non-hydrogen) atoms. The molecule has 0 amide bonds. The molecule has 0 aliphatic heterocycles. The van der Waals surface area contributed by atoms with Crippen molar-refractivity contribution in [2.45, 2.75) is 13.0 Å². The Balaban J connectivity index is 1.89. The van der Waals surface area contributed by atoms with Crippen LogP contribution in [-0.2, 0) is 9.84 Å². The van der Waals surface area contributed by atoms with Gasteiger partial charge in [0.15, 0.2) is 11.5 Å². The van der Waals surface area contributed by atoms with E-state index in [1.165, 1.54) is 11.7 Å². The van der Waals surface area contributed by atoms with E-state index in [-0.39, 0.29) is 5.75 Å². The molecule has 1 N–H and O–H groups in total. The third-order valence-corrected chi connectivity index (χ3v) is 6.64. The minimum Gasteiger partial charge on any atom is -0.493 e. The van der Waals surface area contributed by atoms with E-state index >= 15 is 0 Å². The molecule has 0 radical (unpaired) electrons. The molecular weight excluding hydrogens is 466 g/mol. The summed E-state index contributed by atoms with van der Waals surface area (Å²) < 4.78 is 37.3. The number of hydrogen-bond acceptors (Lipinski definition) is 6. The lowest BCUT2D eigenvalue weighted by Crippen LogP contribution is -2.28. The van der Waals surface area contributed by atoms with Crippen molar-refractivity contribution in [1.29, 1.82) is 5.26 Å². The molecule has 9 heteroatoms. The van der Waals surface area contributed by atoms with Crippen LogP contribution in [0.25, 0.3) is 22.2 Å². The van der Waals surface area contributed by atoms with E-state index in [1.807, 2.05) is 25.1 Å². The lowest BCUT2D eigenvalue weighted by molar-refractivity contribution is 0.310. The van der Waals surface area contributed by atoms with Crippen molar-refractivity contribution < 1.29 is 17.9 Å². The van der Waals surface area contributed by atoms with Gasteiger partial charge in [-0.2, -0.15) is 5.26 Å². The third kappa shape index (κ3) is 4.93. The van der Waals surface area contributed by atoms with Crippen LogP contribution < -0.4 is 15.2 Å². The molecular formula is C26H25N3O5S. The summed E-state index contributed by atoms with van der Waals surface area (Å²) in [7, 11) is -1.94. The molecule has 0 bridgehead atoms. The van der Waals surface area contributed by atoms with Crippen molar-refractivity contribution in [3.63, 3.8) is 0 Å². The van der Waals surface area contributed by atoms with Crippen molar-refractivity contribution >= 4 is 20.9 Å². The Morgan fingerprint density at radius 1 is 1.09 bits per heavy atom. The Kier molecular flexibility index (Phi) is 6.67. The zero-order chi connectivity index (χ0) is 25.2. The number of fused-ring (bicyclic) bond motifs is 1. The Hall–Kier alpha value is -4.03.